The molecule has 1 aromatic carbocycles. The zero-order valence-electron chi connectivity index (χ0n) is 12.9. The Balaban J connectivity index is 1.89. The van der Waals surface area contributed by atoms with Crippen LogP contribution in [0.3, 0.4) is 0 Å². The molecule has 1 atom stereocenters. The summed E-state index contributed by atoms with van der Waals surface area (Å²) < 4.78 is 5.19. The van der Waals surface area contributed by atoms with Gasteiger partial charge >= 0.3 is 0 Å². The molecule has 1 aliphatic heterocycles. The van der Waals surface area contributed by atoms with Crippen LogP contribution in [-0.4, -0.2) is 49.1 Å². The van der Waals surface area contributed by atoms with E-state index in [9.17, 15) is 0 Å². The second kappa shape index (κ2) is 6.95. The average molecular weight is 277 g/mol. The molecule has 1 unspecified atom stereocenters. The molecule has 112 valence electrons. The van der Waals surface area contributed by atoms with Crippen molar-refractivity contribution in [3.8, 4) is 5.75 Å². The summed E-state index contributed by atoms with van der Waals surface area (Å²) in [7, 11) is 1.67. The topological polar surface area (TPSA) is 41.7 Å². The summed E-state index contributed by atoms with van der Waals surface area (Å²) in [5.41, 5.74) is 8.12. The molecule has 1 aliphatic rings. The van der Waals surface area contributed by atoms with E-state index in [0.717, 1.165) is 44.2 Å². The SMILES string of the molecule is CCC(C)N1CCN(Cc2ccc(OC)cc2N)CC1. The summed E-state index contributed by atoms with van der Waals surface area (Å²) in [5, 5.41) is 0. The van der Waals surface area contributed by atoms with E-state index in [1.165, 1.54) is 12.0 Å². The van der Waals surface area contributed by atoms with Gasteiger partial charge in [-0.15, -0.1) is 0 Å². The molecule has 1 heterocycles. The van der Waals surface area contributed by atoms with Crippen LogP contribution in [-0.2, 0) is 6.54 Å². The number of benzene rings is 1. The normalized spacial score (nSPS) is 18.9. The van der Waals surface area contributed by atoms with Crippen molar-refractivity contribution in [1.29, 1.82) is 0 Å². The summed E-state index contributed by atoms with van der Waals surface area (Å²) in [5.74, 6) is 0.827. The Bertz CT molecular complexity index is 428. The van der Waals surface area contributed by atoms with Crippen LogP contribution in [0.1, 0.15) is 25.8 Å². The van der Waals surface area contributed by atoms with Crippen molar-refractivity contribution in [2.24, 2.45) is 0 Å². The molecule has 0 spiro atoms. The van der Waals surface area contributed by atoms with Gasteiger partial charge in [-0.2, -0.15) is 0 Å². The van der Waals surface area contributed by atoms with Gasteiger partial charge in [-0.1, -0.05) is 13.0 Å². The summed E-state index contributed by atoms with van der Waals surface area (Å²) >= 11 is 0. The number of methoxy groups -OCH3 is 1. The number of nitrogen functional groups attached to an aromatic ring is 1. The average Bonchev–Trinajstić information content (AvgIpc) is 2.49. The lowest BCUT2D eigenvalue weighted by molar-refractivity contribution is 0.0965. The van der Waals surface area contributed by atoms with E-state index >= 15 is 0 Å². The van der Waals surface area contributed by atoms with Crippen molar-refractivity contribution >= 4 is 5.69 Å². The molecule has 0 radical (unpaired) electrons. The van der Waals surface area contributed by atoms with Gasteiger partial charge in [-0.05, 0) is 25.0 Å². The van der Waals surface area contributed by atoms with Crippen LogP contribution in [0.15, 0.2) is 18.2 Å². The maximum Gasteiger partial charge on any atom is 0.120 e. The highest BCUT2D eigenvalue weighted by Gasteiger charge is 2.20. The molecule has 1 saturated heterocycles. The summed E-state index contributed by atoms with van der Waals surface area (Å²) in [6.45, 7) is 10.1. The fourth-order valence-electron chi connectivity index (χ4n) is 2.71. The van der Waals surface area contributed by atoms with Crippen LogP contribution in [0, 0.1) is 0 Å². The van der Waals surface area contributed by atoms with Crippen LogP contribution < -0.4 is 10.5 Å². The van der Waals surface area contributed by atoms with Gasteiger partial charge in [0.05, 0.1) is 7.11 Å². The van der Waals surface area contributed by atoms with Crippen molar-refractivity contribution in [3.05, 3.63) is 23.8 Å². The number of anilines is 1. The van der Waals surface area contributed by atoms with E-state index in [-0.39, 0.29) is 0 Å². The highest BCUT2D eigenvalue weighted by Crippen LogP contribution is 2.21. The zero-order chi connectivity index (χ0) is 14.5. The number of hydrogen-bond acceptors (Lipinski definition) is 4. The van der Waals surface area contributed by atoms with Gasteiger partial charge in [-0.3, -0.25) is 9.80 Å². The Kier molecular flexibility index (Phi) is 5.26. The van der Waals surface area contributed by atoms with Crippen molar-refractivity contribution in [3.63, 3.8) is 0 Å². The molecule has 0 bridgehead atoms. The summed E-state index contributed by atoms with van der Waals surface area (Å²) in [6.07, 6.45) is 1.23. The van der Waals surface area contributed by atoms with E-state index in [0.29, 0.717) is 6.04 Å². The Morgan fingerprint density at radius 1 is 1.25 bits per heavy atom. The van der Waals surface area contributed by atoms with Crippen molar-refractivity contribution in [2.75, 3.05) is 39.0 Å². The number of ether oxygens (including phenoxy) is 1. The number of hydrogen-bond donors (Lipinski definition) is 1. The lowest BCUT2D eigenvalue weighted by atomic mass is 10.1. The molecule has 0 amide bonds. The first-order chi connectivity index (χ1) is 9.63. The Morgan fingerprint density at radius 2 is 1.95 bits per heavy atom. The third kappa shape index (κ3) is 3.64. The summed E-state index contributed by atoms with van der Waals surface area (Å²) in [6, 6.07) is 6.67. The molecule has 1 aromatic rings. The van der Waals surface area contributed by atoms with Crippen LogP contribution in [0.2, 0.25) is 0 Å². The van der Waals surface area contributed by atoms with E-state index in [2.05, 4.69) is 29.7 Å². The monoisotopic (exact) mass is 277 g/mol. The zero-order valence-corrected chi connectivity index (χ0v) is 12.9. The minimum Gasteiger partial charge on any atom is -0.497 e. The van der Waals surface area contributed by atoms with Gasteiger partial charge < -0.3 is 10.5 Å². The Labute approximate surface area is 122 Å². The van der Waals surface area contributed by atoms with Crippen molar-refractivity contribution in [1.82, 2.24) is 9.80 Å². The van der Waals surface area contributed by atoms with E-state index in [1.807, 2.05) is 12.1 Å². The second-order valence-electron chi connectivity index (χ2n) is 5.63. The maximum absolute atomic E-state index is 6.09. The predicted octanol–water partition coefficient (Wildman–Crippen LogP) is 2.19. The van der Waals surface area contributed by atoms with E-state index < -0.39 is 0 Å². The third-order valence-corrected chi connectivity index (χ3v) is 4.37. The van der Waals surface area contributed by atoms with Crippen molar-refractivity contribution < 1.29 is 4.74 Å². The molecule has 4 nitrogen and oxygen atoms in total. The van der Waals surface area contributed by atoms with Crippen LogP contribution in [0.5, 0.6) is 5.75 Å². The standard InChI is InChI=1S/C16H27N3O/c1-4-13(2)19-9-7-18(8-10-19)12-14-5-6-15(20-3)11-16(14)17/h5-6,11,13H,4,7-10,12,17H2,1-3H3. The molecular formula is C16H27N3O. The highest BCUT2D eigenvalue weighted by molar-refractivity contribution is 5.51. The first kappa shape index (κ1) is 15.1. The van der Waals surface area contributed by atoms with Crippen LogP contribution in [0.4, 0.5) is 5.69 Å². The van der Waals surface area contributed by atoms with Gasteiger partial charge in [0.15, 0.2) is 0 Å². The molecule has 4 heteroatoms. The fourth-order valence-corrected chi connectivity index (χ4v) is 2.71. The molecular weight excluding hydrogens is 250 g/mol. The van der Waals surface area contributed by atoms with Crippen LogP contribution >= 0.6 is 0 Å². The van der Waals surface area contributed by atoms with E-state index in [1.54, 1.807) is 7.11 Å². The lowest BCUT2D eigenvalue weighted by Gasteiger charge is -2.38. The number of rotatable bonds is 5. The van der Waals surface area contributed by atoms with Gasteiger partial charge in [0.1, 0.15) is 5.75 Å². The minimum absolute atomic E-state index is 0.697. The molecule has 0 saturated carbocycles. The summed E-state index contributed by atoms with van der Waals surface area (Å²) in [4.78, 5) is 5.06. The molecule has 20 heavy (non-hydrogen) atoms. The third-order valence-electron chi connectivity index (χ3n) is 4.37. The van der Waals surface area contributed by atoms with Crippen molar-refractivity contribution in [2.45, 2.75) is 32.9 Å². The highest BCUT2D eigenvalue weighted by atomic mass is 16.5. The molecule has 0 aromatic heterocycles. The van der Waals surface area contributed by atoms with Gasteiger partial charge in [0, 0.05) is 50.5 Å². The van der Waals surface area contributed by atoms with E-state index in [4.69, 9.17) is 10.5 Å². The van der Waals surface area contributed by atoms with Crippen LogP contribution in [0.25, 0.3) is 0 Å². The fraction of sp³-hybridized carbons (Fsp3) is 0.625. The Morgan fingerprint density at radius 3 is 2.50 bits per heavy atom. The van der Waals surface area contributed by atoms with Gasteiger partial charge in [0.2, 0.25) is 0 Å². The molecule has 1 fully saturated rings. The minimum atomic E-state index is 0.697. The maximum atomic E-state index is 6.09. The Hall–Kier alpha value is -1.26. The first-order valence-corrected chi connectivity index (χ1v) is 7.52. The largest absolute Gasteiger partial charge is 0.497 e. The smallest absolute Gasteiger partial charge is 0.120 e. The molecule has 0 aliphatic carbocycles. The number of nitrogens with zero attached hydrogens (tertiary/aromatic N) is 2. The predicted molar refractivity (Wildman–Crippen MR) is 84.0 cm³/mol. The van der Waals surface area contributed by atoms with Gasteiger partial charge in [0.25, 0.3) is 0 Å². The molecule has 2 rings (SSSR count). The number of nitrogens with two attached hydrogens (primary N) is 1. The second-order valence-corrected chi connectivity index (χ2v) is 5.63. The van der Waals surface area contributed by atoms with Gasteiger partial charge in [-0.25, -0.2) is 0 Å². The quantitative estimate of drug-likeness (QED) is 0.838. The molecule has 2 N–H and O–H groups in total. The number of piperazine rings is 1. The first-order valence-electron chi connectivity index (χ1n) is 7.52. The lowest BCUT2D eigenvalue weighted by Crippen LogP contribution is -2.49.